The monoisotopic (exact) mass is 364 g/mol. The highest BCUT2D eigenvalue weighted by molar-refractivity contribution is 5.78. The van der Waals surface area contributed by atoms with Crippen LogP contribution >= 0.6 is 0 Å². The summed E-state index contributed by atoms with van der Waals surface area (Å²) in [6.07, 6.45) is 13.1. The summed E-state index contributed by atoms with van der Waals surface area (Å²) in [5.41, 5.74) is 0. The fraction of sp³-hybridized carbons (Fsp3) is 0.905. The third-order valence-electron chi connectivity index (χ3n) is 6.62. The van der Waals surface area contributed by atoms with Gasteiger partial charge in [-0.1, -0.05) is 0 Å². The van der Waals surface area contributed by atoms with Gasteiger partial charge in [-0.15, -0.1) is 0 Å². The van der Waals surface area contributed by atoms with Crippen LogP contribution in [0.1, 0.15) is 77.0 Å². The standard InChI is InChI=1S/C21H32O5/c22-16(8-5-14-6-9-17-19(11-14)25-17)3-1-2-4-21(23)24-13-15-7-10-18-20(12-15)26-18/h14-15,17-20H,1-13H2. The molecular formula is C21H32O5. The van der Waals surface area contributed by atoms with E-state index in [2.05, 4.69) is 0 Å². The molecule has 4 aliphatic rings. The minimum atomic E-state index is -0.113. The van der Waals surface area contributed by atoms with Gasteiger partial charge in [0, 0.05) is 19.3 Å². The maximum Gasteiger partial charge on any atom is 0.305 e. The van der Waals surface area contributed by atoms with Crippen molar-refractivity contribution in [2.45, 2.75) is 101 Å². The lowest BCUT2D eigenvalue weighted by atomic mass is 9.85. The topological polar surface area (TPSA) is 68.4 Å². The molecule has 0 aromatic rings. The predicted molar refractivity (Wildman–Crippen MR) is 95.7 cm³/mol. The molecule has 5 heteroatoms. The van der Waals surface area contributed by atoms with Crippen molar-refractivity contribution in [1.29, 1.82) is 0 Å². The van der Waals surface area contributed by atoms with Gasteiger partial charge in [-0.25, -0.2) is 0 Å². The Hall–Kier alpha value is -0.940. The molecule has 6 atom stereocenters. The molecule has 5 nitrogen and oxygen atoms in total. The molecule has 6 unspecified atom stereocenters. The minimum absolute atomic E-state index is 0.113. The van der Waals surface area contributed by atoms with Gasteiger partial charge in [0.1, 0.15) is 5.78 Å². The molecule has 0 N–H and O–H groups in total. The van der Waals surface area contributed by atoms with Crippen LogP contribution in [0.15, 0.2) is 0 Å². The summed E-state index contributed by atoms with van der Waals surface area (Å²) in [6, 6.07) is 0. The highest BCUT2D eigenvalue weighted by Crippen LogP contribution is 2.41. The second-order valence-corrected chi connectivity index (χ2v) is 8.75. The van der Waals surface area contributed by atoms with E-state index in [1.165, 1.54) is 12.8 Å². The number of fused-ring (bicyclic) bond motifs is 2. The second-order valence-electron chi connectivity index (χ2n) is 8.75. The van der Waals surface area contributed by atoms with Crippen LogP contribution in [0.25, 0.3) is 0 Å². The Morgan fingerprint density at radius 1 is 0.769 bits per heavy atom. The van der Waals surface area contributed by atoms with Crippen LogP contribution in [0.2, 0.25) is 0 Å². The van der Waals surface area contributed by atoms with E-state index >= 15 is 0 Å². The van der Waals surface area contributed by atoms with Crippen molar-refractivity contribution in [1.82, 2.24) is 0 Å². The van der Waals surface area contributed by atoms with Gasteiger partial charge in [0.25, 0.3) is 0 Å². The number of hydrogen-bond donors (Lipinski definition) is 0. The lowest BCUT2D eigenvalue weighted by Crippen LogP contribution is -2.20. The van der Waals surface area contributed by atoms with E-state index in [9.17, 15) is 9.59 Å². The number of carbonyl (C=O) groups is 2. The predicted octanol–water partition coefficient (Wildman–Crippen LogP) is 3.57. The summed E-state index contributed by atoms with van der Waals surface area (Å²) in [5, 5.41) is 0. The number of carbonyl (C=O) groups excluding carboxylic acids is 2. The van der Waals surface area contributed by atoms with Gasteiger partial charge < -0.3 is 14.2 Å². The number of esters is 1. The molecule has 0 aromatic carbocycles. The number of rotatable bonds is 10. The van der Waals surface area contributed by atoms with Crippen LogP contribution in [0.3, 0.4) is 0 Å². The van der Waals surface area contributed by atoms with Gasteiger partial charge in [-0.3, -0.25) is 9.59 Å². The quantitative estimate of drug-likeness (QED) is 0.337. The van der Waals surface area contributed by atoms with Gasteiger partial charge >= 0.3 is 5.97 Å². The Balaban J connectivity index is 0.992. The van der Waals surface area contributed by atoms with Crippen molar-refractivity contribution in [3.8, 4) is 0 Å². The van der Waals surface area contributed by atoms with Crippen molar-refractivity contribution in [3.05, 3.63) is 0 Å². The van der Waals surface area contributed by atoms with E-state index in [0.717, 1.165) is 44.9 Å². The molecule has 4 rings (SSSR count). The van der Waals surface area contributed by atoms with Crippen LogP contribution in [0.5, 0.6) is 0 Å². The number of unbranched alkanes of at least 4 members (excludes halogenated alkanes) is 1. The Kier molecular flexibility index (Phi) is 5.94. The molecule has 2 saturated carbocycles. The van der Waals surface area contributed by atoms with E-state index in [1.807, 2.05) is 0 Å². The van der Waals surface area contributed by atoms with Crippen molar-refractivity contribution in [3.63, 3.8) is 0 Å². The average molecular weight is 364 g/mol. The zero-order valence-electron chi connectivity index (χ0n) is 15.7. The first-order chi connectivity index (χ1) is 12.7. The Bertz CT molecular complexity index is 473. The summed E-state index contributed by atoms with van der Waals surface area (Å²) in [5.74, 6) is 1.38. The van der Waals surface area contributed by atoms with Crippen LogP contribution in [-0.2, 0) is 23.8 Å². The molecule has 2 heterocycles. The van der Waals surface area contributed by atoms with Crippen LogP contribution in [0, 0.1) is 11.8 Å². The Morgan fingerprint density at radius 2 is 1.42 bits per heavy atom. The van der Waals surface area contributed by atoms with Crippen LogP contribution in [0.4, 0.5) is 0 Å². The molecule has 2 aliphatic carbocycles. The lowest BCUT2D eigenvalue weighted by molar-refractivity contribution is -0.145. The van der Waals surface area contributed by atoms with Gasteiger partial charge in [0.05, 0.1) is 31.0 Å². The van der Waals surface area contributed by atoms with Crippen molar-refractivity contribution >= 4 is 11.8 Å². The maximum atomic E-state index is 12.0. The first kappa shape index (κ1) is 18.4. The molecule has 0 amide bonds. The number of hydrogen-bond acceptors (Lipinski definition) is 5. The number of Topliss-reactive ketones (excluding diaryl/α,β-unsaturated/α-hetero) is 1. The van der Waals surface area contributed by atoms with Gasteiger partial charge in [0.2, 0.25) is 0 Å². The van der Waals surface area contributed by atoms with Gasteiger partial charge in [-0.2, -0.15) is 0 Å². The Labute approximate surface area is 156 Å². The molecule has 4 fully saturated rings. The SMILES string of the molecule is O=C(CCCCC(=O)OCC1CCC2OC2C1)CCC1CCC2OC2C1. The largest absolute Gasteiger partial charge is 0.465 e. The van der Waals surface area contributed by atoms with E-state index in [0.29, 0.717) is 67.9 Å². The van der Waals surface area contributed by atoms with E-state index in [-0.39, 0.29) is 5.97 Å². The zero-order chi connectivity index (χ0) is 17.9. The number of ether oxygens (including phenoxy) is 3. The van der Waals surface area contributed by atoms with Crippen LogP contribution < -0.4 is 0 Å². The van der Waals surface area contributed by atoms with Gasteiger partial charge in [0.15, 0.2) is 0 Å². The highest BCUT2D eigenvalue weighted by Gasteiger charge is 2.44. The normalized spacial score (nSPS) is 37.4. The molecule has 0 spiro atoms. The van der Waals surface area contributed by atoms with Crippen molar-refractivity contribution in [2.75, 3.05) is 6.61 Å². The van der Waals surface area contributed by atoms with E-state index in [4.69, 9.17) is 14.2 Å². The van der Waals surface area contributed by atoms with Crippen molar-refractivity contribution < 1.29 is 23.8 Å². The fourth-order valence-corrected chi connectivity index (χ4v) is 4.75. The highest BCUT2D eigenvalue weighted by atomic mass is 16.6. The summed E-state index contributed by atoms with van der Waals surface area (Å²) >= 11 is 0. The molecule has 0 aromatic heterocycles. The third kappa shape index (κ3) is 5.29. The lowest BCUT2D eigenvalue weighted by Gasteiger charge is -2.18. The second kappa shape index (κ2) is 8.39. The molecule has 146 valence electrons. The Morgan fingerprint density at radius 3 is 2.15 bits per heavy atom. The molecular weight excluding hydrogens is 332 g/mol. The third-order valence-corrected chi connectivity index (χ3v) is 6.62. The minimum Gasteiger partial charge on any atom is -0.465 e. The van der Waals surface area contributed by atoms with Crippen molar-refractivity contribution in [2.24, 2.45) is 11.8 Å². The van der Waals surface area contributed by atoms with E-state index < -0.39 is 0 Å². The summed E-state index contributed by atoms with van der Waals surface area (Å²) in [7, 11) is 0. The first-order valence-corrected chi connectivity index (χ1v) is 10.7. The number of epoxide rings is 2. The molecule has 0 radical (unpaired) electrons. The van der Waals surface area contributed by atoms with Gasteiger partial charge in [-0.05, 0) is 69.6 Å². The van der Waals surface area contributed by atoms with Crippen LogP contribution in [-0.4, -0.2) is 42.8 Å². The smallest absolute Gasteiger partial charge is 0.305 e. The number of ketones is 1. The fourth-order valence-electron chi connectivity index (χ4n) is 4.75. The zero-order valence-corrected chi connectivity index (χ0v) is 15.7. The summed E-state index contributed by atoms with van der Waals surface area (Å²) in [4.78, 5) is 23.9. The average Bonchev–Trinajstić information content (AvgIpc) is 3.55. The summed E-state index contributed by atoms with van der Waals surface area (Å²) < 4.78 is 16.5. The molecule has 2 aliphatic heterocycles. The molecule has 26 heavy (non-hydrogen) atoms. The first-order valence-electron chi connectivity index (χ1n) is 10.7. The maximum absolute atomic E-state index is 12.0. The summed E-state index contributed by atoms with van der Waals surface area (Å²) in [6.45, 7) is 0.539. The van der Waals surface area contributed by atoms with E-state index in [1.54, 1.807) is 0 Å². The molecule has 2 saturated heterocycles. The molecule has 0 bridgehead atoms.